The lowest BCUT2D eigenvalue weighted by Crippen LogP contribution is -2.19. The average molecular weight is 336 g/mol. The van der Waals surface area contributed by atoms with Crippen LogP contribution in [0.3, 0.4) is 0 Å². The molecule has 1 aromatic carbocycles. The summed E-state index contributed by atoms with van der Waals surface area (Å²) < 4.78 is 0. The molecule has 0 heterocycles. The van der Waals surface area contributed by atoms with Crippen LogP contribution in [0.2, 0.25) is 0 Å². The van der Waals surface area contributed by atoms with Gasteiger partial charge in [-0.25, -0.2) is 0 Å². The number of aromatic hydroxyl groups is 1. The first-order valence-corrected chi connectivity index (χ1v) is 9.93. The zero-order valence-electron chi connectivity index (χ0n) is 15.5. The quantitative estimate of drug-likeness (QED) is 0.278. The SMILES string of the molecule is CCCCCCCCCCCCCC(O)CNc1ccc(O)cc1. The van der Waals surface area contributed by atoms with Crippen molar-refractivity contribution in [2.45, 2.75) is 90.1 Å². The zero-order chi connectivity index (χ0) is 17.5. The number of nitrogens with one attached hydrogen (secondary N) is 1. The van der Waals surface area contributed by atoms with Crippen LogP contribution in [-0.2, 0) is 0 Å². The molecule has 3 N–H and O–H groups in total. The molecule has 0 aromatic heterocycles. The summed E-state index contributed by atoms with van der Waals surface area (Å²) in [6.07, 6.45) is 15.3. The van der Waals surface area contributed by atoms with E-state index in [9.17, 15) is 10.2 Å². The van der Waals surface area contributed by atoms with Crippen LogP contribution in [0, 0.1) is 0 Å². The van der Waals surface area contributed by atoms with Gasteiger partial charge in [0, 0.05) is 12.2 Å². The zero-order valence-corrected chi connectivity index (χ0v) is 15.5. The van der Waals surface area contributed by atoms with Gasteiger partial charge in [0.05, 0.1) is 6.10 Å². The van der Waals surface area contributed by atoms with E-state index in [1.807, 2.05) is 12.1 Å². The van der Waals surface area contributed by atoms with Gasteiger partial charge in [-0.05, 0) is 30.7 Å². The number of hydrogen-bond donors (Lipinski definition) is 3. The number of rotatable bonds is 15. The molecule has 3 nitrogen and oxygen atoms in total. The largest absolute Gasteiger partial charge is 0.508 e. The average Bonchev–Trinajstić information content (AvgIpc) is 2.59. The predicted octanol–water partition coefficient (Wildman–Crippen LogP) is 5.87. The molecule has 24 heavy (non-hydrogen) atoms. The highest BCUT2D eigenvalue weighted by molar-refractivity contribution is 5.45. The molecule has 1 atom stereocenters. The van der Waals surface area contributed by atoms with E-state index in [1.165, 1.54) is 64.2 Å². The summed E-state index contributed by atoms with van der Waals surface area (Å²) in [7, 11) is 0. The van der Waals surface area contributed by atoms with E-state index in [4.69, 9.17) is 0 Å². The molecule has 1 unspecified atom stereocenters. The maximum atomic E-state index is 10.00. The van der Waals surface area contributed by atoms with Crippen molar-refractivity contribution in [2.24, 2.45) is 0 Å². The van der Waals surface area contributed by atoms with Gasteiger partial charge in [0.2, 0.25) is 0 Å². The van der Waals surface area contributed by atoms with Crippen LogP contribution in [0.5, 0.6) is 5.75 Å². The molecule has 0 radical (unpaired) electrons. The predicted molar refractivity (Wildman–Crippen MR) is 104 cm³/mol. The summed E-state index contributed by atoms with van der Waals surface area (Å²) >= 11 is 0. The highest BCUT2D eigenvalue weighted by Crippen LogP contribution is 2.15. The third kappa shape index (κ3) is 11.3. The van der Waals surface area contributed by atoms with Crippen LogP contribution in [0.15, 0.2) is 24.3 Å². The summed E-state index contributed by atoms with van der Waals surface area (Å²) in [5.74, 6) is 0.266. The van der Waals surface area contributed by atoms with Crippen LogP contribution in [0.4, 0.5) is 5.69 Å². The first-order chi connectivity index (χ1) is 11.7. The van der Waals surface area contributed by atoms with Crippen LogP contribution in [0.25, 0.3) is 0 Å². The first-order valence-electron chi connectivity index (χ1n) is 9.93. The molecule has 0 spiro atoms. The number of benzene rings is 1. The molecule has 0 amide bonds. The Hall–Kier alpha value is -1.22. The number of phenols is 1. The maximum Gasteiger partial charge on any atom is 0.115 e. The number of aliphatic hydroxyl groups excluding tert-OH is 1. The topological polar surface area (TPSA) is 52.5 Å². The lowest BCUT2D eigenvalue weighted by Gasteiger charge is -2.12. The Bertz CT molecular complexity index is 391. The van der Waals surface area contributed by atoms with Crippen molar-refractivity contribution < 1.29 is 10.2 Å². The molecule has 0 aliphatic heterocycles. The van der Waals surface area contributed by atoms with Gasteiger partial charge in [-0.1, -0.05) is 77.6 Å². The van der Waals surface area contributed by atoms with E-state index in [0.717, 1.165) is 18.5 Å². The first kappa shape index (κ1) is 20.8. The monoisotopic (exact) mass is 335 g/mol. The van der Waals surface area contributed by atoms with Crippen molar-refractivity contribution in [1.82, 2.24) is 0 Å². The molecule has 0 saturated carbocycles. The minimum atomic E-state index is -0.294. The fourth-order valence-electron chi connectivity index (χ4n) is 2.96. The molecular formula is C21H37NO2. The lowest BCUT2D eigenvalue weighted by atomic mass is 10.0. The Kier molecular flexibility index (Phi) is 12.3. The highest BCUT2D eigenvalue weighted by atomic mass is 16.3. The summed E-state index contributed by atoms with van der Waals surface area (Å²) in [6.45, 7) is 2.84. The van der Waals surface area contributed by atoms with Gasteiger partial charge < -0.3 is 15.5 Å². The number of hydrogen-bond acceptors (Lipinski definition) is 3. The van der Waals surface area contributed by atoms with E-state index in [-0.39, 0.29) is 11.9 Å². The third-order valence-corrected chi connectivity index (χ3v) is 4.55. The normalized spacial score (nSPS) is 12.2. The highest BCUT2D eigenvalue weighted by Gasteiger charge is 2.04. The van der Waals surface area contributed by atoms with Crippen molar-refractivity contribution in [2.75, 3.05) is 11.9 Å². The Labute approximate surface area is 148 Å². The van der Waals surface area contributed by atoms with Crippen molar-refractivity contribution in [1.29, 1.82) is 0 Å². The second kappa shape index (κ2) is 14.2. The second-order valence-electron chi connectivity index (χ2n) is 6.91. The Balaban J connectivity index is 1.87. The fraction of sp³-hybridized carbons (Fsp3) is 0.714. The van der Waals surface area contributed by atoms with Gasteiger partial charge >= 0.3 is 0 Å². The van der Waals surface area contributed by atoms with Gasteiger partial charge in [0.1, 0.15) is 5.75 Å². The van der Waals surface area contributed by atoms with Gasteiger partial charge in [0.15, 0.2) is 0 Å². The molecule has 138 valence electrons. The summed E-state index contributed by atoms with van der Waals surface area (Å²) in [4.78, 5) is 0. The van der Waals surface area contributed by atoms with Crippen LogP contribution in [-0.4, -0.2) is 22.9 Å². The van der Waals surface area contributed by atoms with Crippen molar-refractivity contribution in [3.8, 4) is 5.75 Å². The molecule has 0 aliphatic carbocycles. The molecule has 0 bridgehead atoms. The molecule has 3 heteroatoms. The van der Waals surface area contributed by atoms with Crippen molar-refractivity contribution >= 4 is 5.69 Å². The number of aliphatic hydroxyl groups is 1. The maximum absolute atomic E-state index is 10.00. The minimum Gasteiger partial charge on any atom is -0.508 e. The molecular weight excluding hydrogens is 298 g/mol. The standard InChI is InChI=1S/C21H37NO2/c1-2-3-4-5-6-7-8-9-10-11-12-13-21(24)18-22-19-14-16-20(23)17-15-19/h14-17,21-24H,2-13,18H2,1H3. The van der Waals surface area contributed by atoms with Gasteiger partial charge in [0.25, 0.3) is 0 Å². The van der Waals surface area contributed by atoms with Gasteiger partial charge in [-0.15, -0.1) is 0 Å². The Morgan fingerprint density at radius 3 is 1.83 bits per heavy atom. The van der Waals surface area contributed by atoms with E-state index >= 15 is 0 Å². The van der Waals surface area contributed by atoms with Crippen LogP contribution in [0.1, 0.15) is 84.0 Å². The molecule has 1 rings (SSSR count). The summed E-state index contributed by atoms with van der Waals surface area (Å²) in [5.41, 5.74) is 0.936. The molecule has 1 aromatic rings. The van der Waals surface area contributed by atoms with Crippen molar-refractivity contribution in [3.05, 3.63) is 24.3 Å². The fourth-order valence-corrected chi connectivity index (χ4v) is 2.96. The Morgan fingerprint density at radius 2 is 1.29 bits per heavy atom. The van der Waals surface area contributed by atoms with E-state index in [2.05, 4.69) is 12.2 Å². The minimum absolute atomic E-state index is 0.266. The van der Waals surface area contributed by atoms with Gasteiger partial charge in [-0.3, -0.25) is 0 Å². The third-order valence-electron chi connectivity index (χ3n) is 4.55. The van der Waals surface area contributed by atoms with Crippen LogP contribution >= 0.6 is 0 Å². The second-order valence-corrected chi connectivity index (χ2v) is 6.91. The van der Waals surface area contributed by atoms with E-state index in [0.29, 0.717) is 6.54 Å². The van der Waals surface area contributed by atoms with E-state index in [1.54, 1.807) is 12.1 Å². The molecule has 0 saturated heterocycles. The summed E-state index contributed by atoms with van der Waals surface area (Å²) in [5, 5.41) is 22.4. The Morgan fingerprint density at radius 1 is 0.792 bits per heavy atom. The number of phenolic OH excluding ortho intramolecular Hbond substituents is 1. The number of anilines is 1. The van der Waals surface area contributed by atoms with Crippen molar-refractivity contribution in [3.63, 3.8) is 0 Å². The molecule has 0 aliphatic rings. The summed E-state index contributed by atoms with van der Waals surface area (Å²) in [6, 6.07) is 6.95. The lowest BCUT2D eigenvalue weighted by molar-refractivity contribution is 0.173. The number of unbranched alkanes of at least 4 members (excludes halogenated alkanes) is 10. The van der Waals surface area contributed by atoms with E-state index < -0.39 is 0 Å². The smallest absolute Gasteiger partial charge is 0.115 e. The molecule has 0 fully saturated rings. The van der Waals surface area contributed by atoms with Gasteiger partial charge in [-0.2, -0.15) is 0 Å². The van der Waals surface area contributed by atoms with Crippen LogP contribution < -0.4 is 5.32 Å².